The molecule has 0 atom stereocenters. The van der Waals surface area contributed by atoms with Crippen LogP contribution in [0.1, 0.15) is 30.0 Å². The van der Waals surface area contributed by atoms with Crippen LogP contribution < -0.4 is 0 Å². The lowest BCUT2D eigenvalue weighted by molar-refractivity contribution is -0.148. The van der Waals surface area contributed by atoms with Gasteiger partial charge in [0.2, 0.25) is 10.0 Å². The summed E-state index contributed by atoms with van der Waals surface area (Å²) in [7, 11) is -3.62. The molecule has 1 aliphatic rings. The number of piperazine rings is 1. The monoisotopic (exact) mass is 408 g/mol. The van der Waals surface area contributed by atoms with Crippen molar-refractivity contribution in [2.24, 2.45) is 0 Å². The molecule has 0 bridgehead atoms. The number of rotatable bonds is 6. The largest absolute Gasteiger partial charge is 0.452 e. The fourth-order valence-electron chi connectivity index (χ4n) is 3.37. The summed E-state index contributed by atoms with van der Waals surface area (Å²) < 4.78 is 32.5. The molecule has 7 nitrogen and oxygen atoms in total. The van der Waals surface area contributed by atoms with Crippen LogP contribution in [0.15, 0.2) is 29.2 Å². The van der Waals surface area contributed by atoms with Crippen molar-refractivity contribution in [3.05, 3.63) is 41.0 Å². The molecule has 2 rings (SSSR count). The Morgan fingerprint density at radius 1 is 1.07 bits per heavy atom. The van der Waals surface area contributed by atoms with Gasteiger partial charge in [-0.25, -0.2) is 13.2 Å². The molecule has 0 saturated carbocycles. The minimum Gasteiger partial charge on any atom is -0.452 e. The van der Waals surface area contributed by atoms with Crippen LogP contribution in [0.5, 0.6) is 0 Å². The lowest BCUT2D eigenvalue weighted by atomic mass is 10.1. The Balaban J connectivity index is 1.99. The van der Waals surface area contributed by atoms with Gasteiger partial charge in [0.15, 0.2) is 6.61 Å². The minimum absolute atomic E-state index is 0.213. The molecule has 0 spiro atoms. The number of hydrogen-bond donors (Lipinski definition) is 0. The van der Waals surface area contributed by atoms with Crippen molar-refractivity contribution < 1.29 is 22.7 Å². The molecule has 8 heteroatoms. The molecule has 28 heavy (non-hydrogen) atoms. The Morgan fingerprint density at radius 3 is 2.18 bits per heavy atom. The molecule has 0 aromatic heterocycles. The Kier molecular flexibility index (Phi) is 7.37. The van der Waals surface area contributed by atoms with Crippen LogP contribution in [-0.2, 0) is 24.3 Å². The van der Waals surface area contributed by atoms with Gasteiger partial charge in [0.1, 0.15) is 0 Å². The van der Waals surface area contributed by atoms with Crippen molar-refractivity contribution in [1.82, 2.24) is 9.21 Å². The highest BCUT2D eigenvalue weighted by Gasteiger charge is 2.32. The molecule has 0 radical (unpaired) electrons. The van der Waals surface area contributed by atoms with E-state index in [4.69, 9.17) is 4.74 Å². The quantitative estimate of drug-likeness (QED) is 0.531. The zero-order valence-electron chi connectivity index (χ0n) is 16.9. The predicted octanol–water partition coefficient (Wildman–Crippen LogP) is 1.95. The first-order valence-corrected chi connectivity index (χ1v) is 10.8. The predicted molar refractivity (Wildman–Crippen MR) is 106 cm³/mol. The normalized spacial score (nSPS) is 15.8. The molecule has 1 heterocycles. The van der Waals surface area contributed by atoms with Crippen molar-refractivity contribution in [2.75, 3.05) is 32.8 Å². The Hall–Kier alpha value is -2.19. The zero-order valence-corrected chi connectivity index (χ0v) is 17.7. The second kappa shape index (κ2) is 9.34. The lowest BCUT2D eigenvalue weighted by Crippen LogP contribution is -2.51. The van der Waals surface area contributed by atoms with E-state index in [1.54, 1.807) is 19.9 Å². The Bertz CT molecular complexity index is 846. The number of allylic oxidation sites excluding steroid dienone is 1. The molecule has 1 aromatic carbocycles. The smallest absolute Gasteiger partial charge is 0.330 e. The first-order chi connectivity index (χ1) is 13.2. The average molecular weight is 409 g/mol. The zero-order chi connectivity index (χ0) is 20.9. The standard InChI is InChI=1S/C20H28N2O5S/c1-5-6-7-19(24)27-14-18(23)21-8-10-22(11-9-21)28(25,26)20-16(3)12-15(2)13-17(20)4/h6-7,12-13H,5,8-11,14H2,1-4H3/b7-6+. The van der Waals surface area contributed by atoms with Gasteiger partial charge in [-0.05, 0) is 38.3 Å². The van der Waals surface area contributed by atoms with Crippen LogP contribution in [0.3, 0.4) is 0 Å². The highest BCUT2D eigenvalue weighted by molar-refractivity contribution is 7.89. The van der Waals surface area contributed by atoms with E-state index in [-0.39, 0.29) is 38.7 Å². The van der Waals surface area contributed by atoms with Gasteiger partial charge in [-0.3, -0.25) is 4.79 Å². The van der Waals surface area contributed by atoms with Crippen LogP contribution in [0.2, 0.25) is 0 Å². The van der Waals surface area contributed by atoms with E-state index in [0.717, 1.165) is 16.7 Å². The second-order valence-electron chi connectivity index (χ2n) is 6.93. The van der Waals surface area contributed by atoms with Crippen molar-refractivity contribution in [2.45, 2.75) is 39.0 Å². The van der Waals surface area contributed by atoms with Crippen molar-refractivity contribution in [3.63, 3.8) is 0 Å². The van der Waals surface area contributed by atoms with Gasteiger partial charge < -0.3 is 9.64 Å². The van der Waals surface area contributed by atoms with E-state index in [0.29, 0.717) is 11.3 Å². The number of hydrogen-bond acceptors (Lipinski definition) is 5. The second-order valence-corrected chi connectivity index (χ2v) is 8.81. The number of sulfonamides is 1. The van der Waals surface area contributed by atoms with Gasteiger partial charge in [-0.2, -0.15) is 4.31 Å². The third kappa shape index (κ3) is 5.20. The summed E-state index contributed by atoms with van der Waals surface area (Å²) in [5.41, 5.74) is 2.47. The SMILES string of the molecule is CC/C=C/C(=O)OCC(=O)N1CCN(S(=O)(=O)c2c(C)cc(C)cc2C)CC1. The van der Waals surface area contributed by atoms with Gasteiger partial charge in [-0.1, -0.05) is 30.7 Å². The Labute approximate surface area is 167 Å². The van der Waals surface area contributed by atoms with Crippen LogP contribution in [0.4, 0.5) is 0 Å². The highest BCUT2D eigenvalue weighted by atomic mass is 32.2. The summed E-state index contributed by atoms with van der Waals surface area (Å²) in [6.07, 6.45) is 3.66. The molecule has 0 unspecified atom stereocenters. The number of benzene rings is 1. The number of aryl methyl sites for hydroxylation is 3. The third-order valence-corrected chi connectivity index (χ3v) is 6.83. The van der Waals surface area contributed by atoms with Crippen LogP contribution in [-0.4, -0.2) is 62.3 Å². The summed E-state index contributed by atoms with van der Waals surface area (Å²) in [6.45, 7) is 8.05. The van der Waals surface area contributed by atoms with Gasteiger partial charge >= 0.3 is 5.97 Å². The van der Waals surface area contributed by atoms with Gasteiger partial charge in [0.05, 0.1) is 4.90 Å². The minimum atomic E-state index is -3.62. The number of amides is 1. The summed E-state index contributed by atoms with van der Waals surface area (Å²) >= 11 is 0. The van der Waals surface area contributed by atoms with E-state index in [2.05, 4.69) is 0 Å². The van der Waals surface area contributed by atoms with E-state index in [9.17, 15) is 18.0 Å². The van der Waals surface area contributed by atoms with Gasteiger partial charge in [-0.15, -0.1) is 0 Å². The molecule has 1 saturated heterocycles. The fraction of sp³-hybridized carbons (Fsp3) is 0.500. The molecule has 154 valence electrons. The topological polar surface area (TPSA) is 84.0 Å². The number of carbonyl (C=O) groups excluding carboxylic acids is 2. The fourth-order valence-corrected chi connectivity index (χ4v) is 5.20. The first-order valence-electron chi connectivity index (χ1n) is 9.36. The van der Waals surface area contributed by atoms with E-state index in [1.807, 2.05) is 26.0 Å². The summed E-state index contributed by atoms with van der Waals surface area (Å²) in [6, 6.07) is 3.72. The molecule has 1 aromatic rings. The maximum Gasteiger partial charge on any atom is 0.330 e. The Morgan fingerprint density at radius 2 is 1.64 bits per heavy atom. The van der Waals surface area contributed by atoms with Crippen LogP contribution in [0.25, 0.3) is 0 Å². The van der Waals surface area contributed by atoms with Gasteiger partial charge in [0, 0.05) is 32.3 Å². The number of ether oxygens (including phenoxy) is 1. The van der Waals surface area contributed by atoms with Crippen LogP contribution >= 0.6 is 0 Å². The van der Waals surface area contributed by atoms with E-state index >= 15 is 0 Å². The average Bonchev–Trinajstić information content (AvgIpc) is 2.63. The van der Waals surface area contributed by atoms with Crippen molar-refractivity contribution in [1.29, 1.82) is 0 Å². The lowest BCUT2D eigenvalue weighted by Gasteiger charge is -2.34. The number of nitrogens with zero attached hydrogens (tertiary/aromatic N) is 2. The van der Waals surface area contributed by atoms with Gasteiger partial charge in [0.25, 0.3) is 5.91 Å². The molecule has 0 N–H and O–H groups in total. The first kappa shape index (κ1) is 22.1. The molecule has 1 aliphatic heterocycles. The molecule has 1 fully saturated rings. The van der Waals surface area contributed by atoms with Crippen LogP contribution in [0, 0.1) is 20.8 Å². The summed E-state index contributed by atoms with van der Waals surface area (Å²) in [4.78, 5) is 25.5. The summed E-state index contributed by atoms with van der Waals surface area (Å²) in [5.74, 6) is -0.875. The molecular weight excluding hydrogens is 380 g/mol. The number of carbonyl (C=O) groups is 2. The molecule has 0 aliphatic carbocycles. The third-order valence-electron chi connectivity index (χ3n) is 4.62. The summed E-state index contributed by atoms with van der Waals surface area (Å²) in [5, 5.41) is 0. The van der Waals surface area contributed by atoms with Crippen molar-refractivity contribution in [3.8, 4) is 0 Å². The number of esters is 1. The van der Waals surface area contributed by atoms with E-state index in [1.165, 1.54) is 15.3 Å². The molecule has 1 amide bonds. The highest BCUT2D eigenvalue weighted by Crippen LogP contribution is 2.26. The van der Waals surface area contributed by atoms with E-state index < -0.39 is 16.0 Å². The molecular formula is C20H28N2O5S. The maximum absolute atomic E-state index is 13.1. The maximum atomic E-state index is 13.1. The van der Waals surface area contributed by atoms with Crippen molar-refractivity contribution >= 4 is 21.9 Å².